The first-order chi connectivity index (χ1) is 10.5. The van der Waals surface area contributed by atoms with Crippen molar-refractivity contribution in [2.45, 2.75) is 58.7 Å². The lowest BCUT2D eigenvalue weighted by Crippen LogP contribution is -2.49. The van der Waals surface area contributed by atoms with Crippen LogP contribution in [0.4, 0.5) is 13.6 Å². The van der Waals surface area contributed by atoms with E-state index in [1.54, 1.807) is 26.8 Å². The fraction of sp³-hybridized carbons (Fsp3) is 0.625. The Labute approximate surface area is 135 Å². The molecule has 0 atom stereocenters. The van der Waals surface area contributed by atoms with Crippen molar-refractivity contribution < 1.29 is 18.3 Å². The molecule has 1 aromatic heterocycles. The molecular formula is C16H25F2N3O2. The first-order valence-electron chi connectivity index (χ1n) is 7.43. The van der Waals surface area contributed by atoms with Gasteiger partial charge in [0, 0.05) is 24.8 Å². The second-order valence-electron chi connectivity index (χ2n) is 6.98. The van der Waals surface area contributed by atoms with Gasteiger partial charge in [-0.1, -0.05) is 6.07 Å². The number of pyridine rings is 1. The minimum Gasteiger partial charge on any atom is -0.444 e. The van der Waals surface area contributed by atoms with Gasteiger partial charge >= 0.3 is 6.09 Å². The van der Waals surface area contributed by atoms with Gasteiger partial charge in [-0.3, -0.25) is 4.98 Å². The van der Waals surface area contributed by atoms with Crippen LogP contribution in [-0.4, -0.2) is 28.8 Å². The highest BCUT2D eigenvalue weighted by Crippen LogP contribution is 2.16. The average Bonchev–Trinajstić information content (AvgIpc) is 2.42. The van der Waals surface area contributed by atoms with Gasteiger partial charge in [-0.15, -0.1) is 0 Å². The molecule has 0 aliphatic carbocycles. The molecule has 0 saturated heterocycles. The van der Waals surface area contributed by atoms with Crippen LogP contribution in [0.1, 0.15) is 52.3 Å². The Morgan fingerprint density at radius 2 is 1.91 bits per heavy atom. The number of amides is 1. The van der Waals surface area contributed by atoms with Crippen molar-refractivity contribution in [2.75, 3.05) is 6.54 Å². The Morgan fingerprint density at radius 1 is 1.26 bits per heavy atom. The van der Waals surface area contributed by atoms with E-state index in [0.29, 0.717) is 13.1 Å². The standard InChI is InChI=1S/C16H25F2N3O2/c1-15(2,3)23-14(22)20-10-16(4,5)21-9-11-6-7-12(13(17)18)19-8-11/h6-8,13,21H,9-10H2,1-5H3,(H,20,22). The van der Waals surface area contributed by atoms with Gasteiger partial charge in [-0.25, -0.2) is 13.6 Å². The van der Waals surface area contributed by atoms with E-state index in [9.17, 15) is 13.6 Å². The van der Waals surface area contributed by atoms with Gasteiger partial charge in [-0.2, -0.15) is 0 Å². The molecule has 1 heterocycles. The van der Waals surface area contributed by atoms with Gasteiger partial charge in [0.25, 0.3) is 6.43 Å². The number of carbonyl (C=O) groups excluding carboxylic acids is 1. The summed E-state index contributed by atoms with van der Waals surface area (Å²) in [5.41, 5.74) is -0.378. The molecule has 1 rings (SSSR count). The summed E-state index contributed by atoms with van der Waals surface area (Å²) in [6.07, 6.45) is -1.62. The molecule has 2 N–H and O–H groups in total. The lowest BCUT2D eigenvalue weighted by molar-refractivity contribution is 0.0513. The van der Waals surface area contributed by atoms with E-state index in [1.807, 2.05) is 13.8 Å². The Hall–Kier alpha value is -1.76. The van der Waals surface area contributed by atoms with E-state index in [1.165, 1.54) is 12.3 Å². The van der Waals surface area contributed by atoms with Crippen LogP contribution in [0.25, 0.3) is 0 Å². The molecule has 23 heavy (non-hydrogen) atoms. The van der Waals surface area contributed by atoms with Crippen LogP contribution >= 0.6 is 0 Å². The lowest BCUT2D eigenvalue weighted by atomic mass is 10.1. The highest BCUT2D eigenvalue weighted by atomic mass is 19.3. The van der Waals surface area contributed by atoms with Crippen LogP contribution in [0.5, 0.6) is 0 Å². The predicted octanol–water partition coefficient (Wildman–Crippen LogP) is 3.41. The van der Waals surface area contributed by atoms with E-state index >= 15 is 0 Å². The van der Waals surface area contributed by atoms with Crippen LogP contribution in [0.2, 0.25) is 0 Å². The van der Waals surface area contributed by atoms with Crippen molar-refractivity contribution in [1.29, 1.82) is 0 Å². The second-order valence-corrected chi connectivity index (χ2v) is 6.98. The molecule has 0 aliphatic heterocycles. The summed E-state index contributed by atoms with van der Waals surface area (Å²) in [5, 5.41) is 5.95. The fourth-order valence-electron chi connectivity index (χ4n) is 1.68. The summed E-state index contributed by atoms with van der Waals surface area (Å²) in [6.45, 7) is 10.1. The number of alkyl halides is 2. The zero-order valence-electron chi connectivity index (χ0n) is 14.2. The van der Waals surface area contributed by atoms with Crippen molar-refractivity contribution in [1.82, 2.24) is 15.6 Å². The third-order valence-electron chi connectivity index (χ3n) is 2.92. The molecule has 0 unspecified atom stereocenters. The maximum Gasteiger partial charge on any atom is 0.407 e. The quantitative estimate of drug-likeness (QED) is 0.839. The van der Waals surface area contributed by atoms with E-state index in [0.717, 1.165) is 5.56 Å². The molecule has 1 aromatic rings. The second kappa shape index (κ2) is 7.68. The maximum absolute atomic E-state index is 12.4. The molecule has 130 valence electrons. The van der Waals surface area contributed by atoms with Crippen LogP contribution in [0.3, 0.4) is 0 Å². The number of nitrogens with one attached hydrogen (secondary N) is 2. The van der Waals surface area contributed by atoms with Gasteiger partial charge in [0.2, 0.25) is 0 Å². The summed E-state index contributed by atoms with van der Waals surface area (Å²) in [7, 11) is 0. The van der Waals surface area contributed by atoms with Crippen molar-refractivity contribution >= 4 is 6.09 Å². The first-order valence-corrected chi connectivity index (χ1v) is 7.43. The lowest BCUT2D eigenvalue weighted by Gasteiger charge is -2.28. The molecule has 0 spiro atoms. The van der Waals surface area contributed by atoms with Crippen molar-refractivity contribution in [2.24, 2.45) is 0 Å². The summed E-state index contributed by atoms with van der Waals surface area (Å²) < 4.78 is 30.0. The van der Waals surface area contributed by atoms with Gasteiger partial charge < -0.3 is 15.4 Å². The zero-order chi connectivity index (χ0) is 17.7. The first kappa shape index (κ1) is 19.3. The molecule has 7 heteroatoms. The van der Waals surface area contributed by atoms with E-state index in [-0.39, 0.29) is 5.69 Å². The number of hydrogen-bond acceptors (Lipinski definition) is 4. The molecule has 5 nitrogen and oxygen atoms in total. The molecule has 0 aromatic carbocycles. The summed E-state index contributed by atoms with van der Waals surface area (Å²) in [6, 6.07) is 2.92. The van der Waals surface area contributed by atoms with Crippen molar-refractivity contribution in [3.05, 3.63) is 29.6 Å². The average molecular weight is 329 g/mol. The molecule has 1 amide bonds. The topological polar surface area (TPSA) is 63.2 Å². The summed E-state index contributed by atoms with van der Waals surface area (Å²) >= 11 is 0. The number of rotatable bonds is 6. The van der Waals surface area contributed by atoms with E-state index < -0.39 is 23.7 Å². The molecule has 0 fully saturated rings. The SMILES string of the molecule is CC(C)(CNC(=O)OC(C)(C)C)NCc1ccc(C(F)F)nc1. The highest BCUT2D eigenvalue weighted by molar-refractivity contribution is 5.67. The zero-order valence-corrected chi connectivity index (χ0v) is 14.2. The van der Waals surface area contributed by atoms with Crippen molar-refractivity contribution in [3.8, 4) is 0 Å². The molecule has 0 saturated carbocycles. The minimum atomic E-state index is -2.56. The molecular weight excluding hydrogens is 304 g/mol. The minimum absolute atomic E-state index is 0.236. The van der Waals surface area contributed by atoms with Crippen LogP contribution in [-0.2, 0) is 11.3 Å². The predicted molar refractivity (Wildman–Crippen MR) is 84.3 cm³/mol. The number of ether oxygens (including phenoxy) is 1. The maximum atomic E-state index is 12.4. The smallest absolute Gasteiger partial charge is 0.407 e. The Morgan fingerprint density at radius 3 is 2.39 bits per heavy atom. The Balaban J connectivity index is 2.44. The molecule has 0 bridgehead atoms. The monoisotopic (exact) mass is 329 g/mol. The normalized spacial score (nSPS) is 12.3. The van der Waals surface area contributed by atoms with Crippen LogP contribution in [0, 0.1) is 0 Å². The van der Waals surface area contributed by atoms with Gasteiger partial charge in [0.1, 0.15) is 11.3 Å². The number of nitrogens with zero attached hydrogens (tertiary/aromatic N) is 1. The number of aromatic nitrogens is 1. The van der Waals surface area contributed by atoms with Crippen LogP contribution < -0.4 is 10.6 Å². The van der Waals surface area contributed by atoms with E-state index in [2.05, 4.69) is 15.6 Å². The van der Waals surface area contributed by atoms with Crippen LogP contribution in [0.15, 0.2) is 18.3 Å². The van der Waals surface area contributed by atoms with Gasteiger partial charge in [0.05, 0.1) is 0 Å². The fourth-order valence-corrected chi connectivity index (χ4v) is 1.68. The molecule has 0 aliphatic rings. The summed E-state index contributed by atoms with van der Waals surface area (Å²) in [5.74, 6) is 0. The Kier molecular flexibility index (Phi) is 6.44. The Bertz CT molecular complexity index is 511. The number of carbonyl (C=O) groups is 1. The summed E-state index contributed by atoms with van der Waals surface area (Å²) in [4.78, 5) is 15.4. The van der Waals surface area contributed by atoms with Gasteiger partial charge in [0.15, 0.2) is 0 Å². The molecule has 0 radical (unpaired) electrons. The number of alkyl carbamates (subject to hydrolysis) is 1. The van der Waals surface area contributed by atoms with Crippen molar-refractivity contribution in [3.63, 3.8) is 0 Å². The van der Waals surface area contributed by atoms with Gasteiger partial charge in [-0.05, 0) is 46.2 Å². The third-order valence-corrected chi connectivity index (χ3v) is 2.92. The highest BCUT2D eigenvalue weighted by Gasteiger charge is 2.21. The number of hydrogen-bond donors (Lipinski definition) is 2. The largest absolute Gasteiger partial charge is 0.444 e. The van der Waals surface area contributed by atoms with E-state index in [4.69, 9.17) is 4.74 Å². The number of halogens is 2. The third kappa shape index (κ3) is 7.88.